The van der Waals surface area contributed by atoms with Gasteiger partial charge in [0, 0.05) is 12.1 Å². The second-order valence-electron chi connectivity index (χ2n) is 5.58. The third kappa shape index (κ3) is 3.79. The summed E-state index contributed by atoms with van der Waals surface area (Å²) in [5, 5.41) is 22.6. The molecule has 9 nitrogen and oxygen atoms in total. The fourth-order valence-corrected chi connectivity index (χ4v) is 3.34. The molecule has 0 fully saturated rings. The molecule has 2 aromatic carbocycles. The number of nitrogens with zero attached hydrogens (tertiary/aromatic N) is 3. The molecule has 0 spiro atoms. The number of carbonyl (C=O) groups excluding carboxylic acids is 2. The van der Waals surface area contributed by atoms with E-state index in [9.17, 15) is 25.0 Å². The lowest BCUT2D eigenvalue weighted by Gasteiger charge is -2.07. The Labute approximate surface area is 162 Å². The number of fused-ring (bicyclic) bond motifs is 1. The van der Waals surface area contributed by atoms with Crippen LogP contribution in [-0.4, -0.2) is 28.7 Å². The predicted octanol–water partition coefficient (Wildman–Crippen LogP) is 3.03. The van der Waals surface area contributed by atoms with E-state index in [4.69, 9.17) is 4.74 Å². The van der Waals surface area contributed by atoms with E-state index in [1.807, 2.05) is 0 Å². The van der Waals surface area contributed by atoms with Gasteiger partial charge < -0.3 is 4.74 Å². The number of Topliss-reactive ketones (excluding diaryl/α,β-unsaturated/α-hetero) is 1. The van der Waals surface area contributed by atoms with E-state index in [1.54, 1.807) is 24.3 Å². The first-order valence-electron chi connectivity index (χ1n) is 7.86. The number of amides is 1. The number of hydrogen-bond donors (Lipinski definition) is 1. The third-order valence-corrected chi connectivity index (χ3v) is 4.80. The molecular formula is C18H12N4O5S. The molecule has 0 radical (unpaired) electrons. The molecule has 28 heavy (non-hydrogen) atoms. The Morgan fingerprint density at radius 3 is 2.61 bits per heavy atom. The molecule has 1 N–H and O–H groups in total. The van der Waals surface area contributed by atoms with Crippen LogP contribution in [0.25, 0.3) is 10.2 Å². The van der Waals surface area contributed by atoms with Gasteiger partial charge in [-0.2, -0.15) is 5.26 Å². The monoisotopic (exact) mass is 396 g/mol. The Balaban J connectivity index is 1.78. The summed E-state index contributed by atoms with van der Waals surface area (Å²) in [5.74, 6) is -2.72. The summed E-state index contributed by atoms with van der Waals surface area (Å²) < 4.78 is 5.89. The fraction of sp³-hybridized carbons (Fsp3) is 0.111. The number of ether oxygens (including phenoxy) is 1. The Morgan fingerprint density at radius 1 is 1.29 bits per heavy atom. The maximum Gasteiger partial charge on any atom is 0.295 e. The summed E-state index contributed by atoms with van der Waals surface area (Å²) in [4.78, 5) is 39.0. The van der Waals surface area contributed by atoms with E-state index in [1.165, 1.54) is 31.4 Å². The first kappa shape index (κ1) is 18.9. The van der Waals surface area contributed by atoms with E-state index in [2.05, 4.69) is 10.3 Å². The van der Waals surface area contributed by atoms with Crippen LogP contribution in [0.3, 0.4) is 0 Å². The molecule has 1 heterocycles. The van der Waals surface area contributed by atoms with Gasteiger partial charge in [0.25, 0.3) is 11.6 Å². The number of nitrogens with one attached hydrogen (secondary N) is 1. The highest BCUT2D eigenvalue weighted by atomic mass is 32.1. The average Bonchev–Trinajstić information content (AvgIpc) is 3.09. The van der Waals surface area contributed by atoms with Crippen LogP contribution in [0.4, 0.5) is 10.8 Å². The number of rotatable bonds is 6. The smallest absolute Gasteiger partial charge is 0.295 e. The highest BCUT2D eigenvalue weighted by Crippen LogP contribution is 2.29. The summed E-state index contributed by atoms with van der Waals surface area (Å²) in [6.45, 7) is 0. The average molecular weight is 396 g/mol. The number of aromatic nitrogens is 1. The third-order valence-electron chi connectivity index (χ3n) is 3.87. The normalized spacial score (nSPS) is 11.4. The van der Waals surface area contributed by atoms with E-state index in [0.717, 1.165) is 16.0 Å². The molecule has 0 saturated carbocycles. The van der Waals surface area contributed by atoms with Gasteiger partial charge >= 0.3 is 0 Å². The van der Waals surface area contributed by atoms with Crippen LogP contribution in [0.5, 0.6) is 5.75 Å². The number of ketones is 1. The van der Waals surface area contributed by atoms with Gasteiger partial charge in [0.2, 0.25) is 5.78 Å². The zero-order valence-corrected chi connectivity index (χ0v) is 15.2. The molecule has 0 aliphatic rings. The highest BCUT2D eigenvalue weighted by molar-refractivity contribution is 7.22. The van der Waals surface area contributed by atoms with Crippen molar-refractivity contribution in [3.8, 4) is 11.8 Å². The van der Waals surface area contributed by atoms with Crippen molar-refractivity contribution < 1.29 is 19.2 Å². The van der Waals surface area contributed by atoms with Crippen LogP contribution in [0.15, 0.2) is 42.5 Å². The predicted molar refractivity (Wildman–Crippen MR) is 101 cm³/mol. The quantitative estimate of drug-likeness (QED) is 0.384. The molecule has 3 aromatic rings. The number of benzene rings is 2. The molecule has 0 saturated heterocycles. The Bertz CT molecular complexity index is 1120. The van der Waals surface area contributed by atoms with Gasteiger partial charge in [-0.05, 0) is 23.8 Å². The number of nitro benzene ring substituents is 1. The number of hydrogen-bond acceptors (Lipinski definition) is 8. The van der Waals surface area contributed by atoms with Gasteiger partial charge in [0.05, 0.1) is 28.3 Å². The summed E-state index contributed by atoms with van der Waals surface area (Å²) in [6, 6.07) is 11.9. The topological polar surface area (TPSA) is 135 Å². The zero-order valence-electron chi connectivity index (χ0n) is 14.4. The first-order chi connectivity index (χ1) is 13.4. The maximum atomic E-state index is 12.4. The fourth-order valence-electron chi connectivity index (χ4n) is 2.45. The summed E-state index contributed by atoms with van der Waals surface area (Å²) in [5.41, 5.74) is 0.644. The van der Waals surface area contributed by atoms with Crippen LogP contribution in [0.2, 0.25) is 0 Å². The van der Waals surface area contributed by atoms with E-state index >= 15 is 0 Å². The van der Waals surface area contributed by atoms with Crippen molar-refractivity contribution in [1.29, 1.82) is 5.26 Å². The zero-order chi connectivity index (χ0) is 20.3. The minimum atomic E-state index is -1.38. The molecule has 1 atom stereocenters. The van der Waals surface area contributed by atoms with Crippen molar-refractivity contribution in [2.75, 3.05) is 12.4 Å². The molecule has 0 aliphatic heterocycles. The van der Waals surface area contributed by atoms with Gasteiger partial charge in [-0.15, -0.1) is 0 Å². The van der Waals surface area contributed by atoms with E-state index in [0.29, 0.717) is 11.3 Å². The van der Waals surface area contributed by atoms with Crippen LogP contribution in [0, 0.1) is 21.4 Å². The van der Waals surface area contributed by atoms with Gasteiger partial charge in [0.15, 0.2) is 5.13 Å². The van der Waals surface area contributed by atoms with Crippen LogP contribution in [0.1, 0.15) is 11.5 Å². The van der Waals surface area contributed by atoms with Crippen molar-refractivity contribution in [3.63, 3.8) is 0 Å². The lowest BCUT2D eigenvalue weighted by molar-refractivity contribution is -0.384. The number of methoxy groups -OCH3 is 1. The molecule has 1 amide bonds. The van der Waals surface area contributed by atoms with E-state index < -0.39 is 22.5 Å². The van der Waals surface area contributed by atoms with Crippen molar-refractivity contribution in [1.82, 2.24) is 4.98 Å². The van der Waals surface area contributed by atoms with Crippen molar-refractivity contribution >= 4 is 44.1 Å². The SMILES string of the molecule is COc1ccc2nc(NC(=O)C(=O)[C@@H](C#N)c3ccc([N+](=O)[O-])cc3)sc2c1. The molecule has 10 heteroatoms. The Morgan fingerprint density at radius 2 is 2.00 bits per heavy atom. The van der Waals surface area contributed by atoms with Crippen molar-refractivity contribution in [2.24, 2.45) is 0 Å². The lowest BCUT2D eigenvalue weighted by Crippen LogP contribution is -2.27. The molecule has 0 bridgehead atoms. The van der Waals surface area contributed by atoms with Gasteiger partial charge in [-0.25, -0.2) is 4.98 Å². The van der Waals surface area contributed by atoms with Crippen LogP contribution in [-0.2, 0) is 9.59 Å². The van der Waals surface area contributed by atoms with Gasteiger partial charge in [-0.3, -0.25) is 25.0 Å². The molecule has 140 valence electrons. The second-order valence-corrected chi connectivity index (χ2v) is 6.61. The van der Waals surface area contributed by atoms with Crippen molar-refractivity contribution in [2.45, 2.75) is 5.92 Å². The second kappa shape index (κ2) is 7.81. The van der Waals surface area contributed by atoms with E-state index in [-0.39, 0.29) is 16.4 Å². The largest absolute Gasteiger partial charge is 0.497 e. The number of thiazole rings is 1. The molecule has 0 unspecified atom stereocenters. The van der Waals surface area contributed by atoms with Crippen LogP contribution < -0.4 is 10.1 Å². The highest BCUT2D eigenvalue weighted by Gasteiger charge is 2.28. The Kier molecular flexibility index (Phi) is 5.28. The standard InChI is InChI=1S/C18H12N4O5S/c1-27-12-6-7-14-15(8-12)28-18(20-14)21-17(24)16(23)13(9-19)10-2-4-11(5-3-10)22(25)26/h2-8,13H,1H3,(H,20,21,24)/t13-/m0/s1. The van der Waals surface area contributed by atoms with Gasteiger partial charge in [0.1, 0.15) is 11.7 Å². The van der Waals surface area contributed by atoms with Gasteiger partial charge in [-0.1, -0.05) is 23.5 Å². The molecule has 0 aliphatic carbocycles. The minimum Gasteiger partial charge on any atom is -0.497 e. The number of nitriles is 1. The minimum absolute atomic E-state index is 0.178. The first-order valence-corrected chi connectivity index (χ1v) is 8.68. The number of anilines is 1. The number of non-ortho nitro benzene ring substituents is 1. The summed E-state index contributed by atoms with van der Waals surface area (Å²) in [6.07, 6.45) is 0. The molecular weight excluding hydrogens is 384 g/mol. The number of nitro groups is 1. The van der Waals surface area contributed by atoms with Crippen LogP contribution >= 0.6 is 11.3 Å². The maximum absolute atomic E-state index is 12.4. The number of carbonyl (C=O) groups is 2. The molecule has 3 rings (SSSR count). The summed E-state index contributed by atoms with van der Waals surface area (Å²) >= 11 is 1.16. The Hall–Kier alpha value is -3.84. The summed E-state index contributed by atoms with van der Waals surface area (Å²) in [7, 11) is 1.53. The van der Waals surface area contributed by atoms with Crippen molar-refractivity contribution in [3.05, 3.63) is 58.1 Å². The molecule has 1 aromatic heterocycles. The lowest BCUT2D eigenvalue weighted by atomic mass is 9.95.